The van der Waals surface area contributed by atoms with E-state index in [1.54, 1.807) is 17.0 Å². The van der Waals surface area contributed by atoms with Crippen molar-refractivity contribution in [3.05, 3.63) is 76.9 Å². The summed E-state index contributed by atoms with van der Waals surface area (Å²) in [6.07, 6.45) is 0. The summed E-state index contributed by atoms with van der Waals surface area (Å²) in [5, 5.41) is 12.7. The molecule has 2 heterocycles. The number of hydrogen-bond acceptors (Lipinski definition) is 3. The van der Waals surface area contributed by atoms with Gasteiger partial charge in [-0.25, -0.2) is 9.07 Å². The third kappa shape index (κ3) is 4.10. The first-order valence-corrected chi connectivity index (χ1v) is 9.83. The molecule has 0 aliphatic carbocycles. The number of rotatable bonds is 5. The van der Waals surface area contributed by atoms with Gasteiger partial charge in [0.15, 0.2) is 6.04 Å². The Bertz CT molecular complexity index is 897. The molecule has 0 saturated carbocycles. The molecule has 28 heavy (non-hydrogen) atoms. The zero-order valence-corrected chi connectivity index (χ0v) is 16.4. The third-order valence-electron chi connectivity index (χ3n) is 5.63. The standard InChI is InChI=1S/C21H25FN6/c1-16-3-7-18(8-4-16)20(27-13-11-26(2)12-14-27)21-23-24-25-28(21)15-17-5-9-19(22)10-6-17/h3-10,20H,11-15H2,1-2H3/p+2/t20-/m1/s1. The first-order valence-electron chi connectivity index (χ1n) is 9.83. The molecule has 0 radical (unpaired) electrons. The van der Waals surface area contributed by atoms with Crippen LogP contribution in [0, 0.1) is 12.7 Å². The molecular weight excluding hydrogens is 355 g/mol. The molecule has 0 spiro atoms. The highest BCUT2D eigenvalue weighted by Crippen LogP contribution is 2.18. The van der Waals surface area contributed by atoms with Crippen LogP contribution in [0.2, 0.25) is 0 Å². The van der Waals surface area contributed by atoms with Gasteiger partial charge in [-0.2, -0.15) is 0 Å². The molecule has 0 amide bonds. The first kappa shape index (κ1) is 18.7. The predicted octanol–water partition coefficient (Wildman–Crippen LogP) is -0.328. The Hall–Kier alpha value is -2.64. The summed E-state index contributed by atoms with van der Waals surface area (Å²) in [4.78, 5) is 3.06. The largest absolute Gasteiger partial charge is 0.328 e. The van der Waals surface area contributed by atoms with Crippen LogP contribution in [0.25, 0.3) is 0 Å². The van der Waals surface area contributed by atoms with Crippen LogP contribution in [-0.2, 0) is 6.54 Å². The van der Waals surface area contributed by atoms with Crippen molar-refractivity contribution in [2.75, 3.05) is 33.2 Å². The summed E-state index contributed by atoms with van der Waals surface area (Å²) in [5.41, 5.74) is 3.46. The monoisotopic (exact) mass is 382 g/mol. The number of nitrogens with one attached hydrogen (secondary N) is 2. The Balaban J connectivity index is 1.67. The molecule has 7 heteroatoms. The van der Waals surface area contributed by atoms with Crippen molar-refractivity contribution < 1.29 is 14.2 Å². The van der Waals surface area contributed by atoms with Crippen LogP contribution < -0.4 is 9.80 Å². The van der Waals surface area contributed by atoms with Gasteiger partial charge >= 0.3 is 0 Å². The molecule has 1 fully saturated rings. The molecule has 3 aromatic rings. The summed E-state index contributed by atoms with van der Waals surface area (Å²) in [5.74, 6) is 0.630. The summed E-state index contributed by atoms with van der Waals surface area (Å²) in [6, 6.07) is 15.3. The summed E-state index contributed by atoms with van der Waals surface area (Å²) >= 11 is 0. The van der Waals surface area contributed by atoms with Crippen molar-refractivity contribution >= 4 is 0 Å². The minimum absolute atomic E-state index is 0.0872. The van der Waals surface area contributed by atoms with E-state index >= 15 is 0 Å². The maximum absolute atomic E-state index is 13.2. The lowest BCUT2D eigenvalue weighted by molar-refractivity contribution is -1.02. The van der Waals surface area contributed by atoms with E-state index in [0.29, 0.717) is 6.54 Å². The van der Waals surface area contributed by atoms with Crippen LogP contribution in [0.4, 0.5) is 4.39 Å². The molecule has 1 aromatic heterocycles. The number of tetrazole rings is 1. The van der Waals surface area contributed by atoms with Gasteiger partial charge in [0.05, 0.1) is 13.6 Å². The van der Waals surface area contributed by atoms with Gasteiger partial charge in [-0.3, -0.25) is 0 Å². The number of hydrogen-bond donors (Lipinski definition) is 2. The zero-order chi connectivity index (χ0) is 19.5. The highest BCUT2D eigenvalue weighted by Gasteiger charge is 2.34. The highest BCUT2D eigenvalue weighted by atomic mass is 19.1. The van der Waals surface area contributed by atoms with Crippen LogP contribution in [0.1, 0.15) is 28.6 Å². The van der Waals surface area contributed by atoms with E-state index in [2.05, 4.69) is 53.8 Å². The Morgan fingerprint density at radius 1 is 1.00 bits per heavy atom. The molecule has 4 rings (SSSR count). The van der Waals surface area contributed by atoms with Crippen molar-refractivity contribution in [3.63, 3.8) is 0 Å². The lowest BCUT2D eigenvalue weighted by Crippen LogP contribution is -3.27. The number of likely N-dealkylation sites (N-methyl/N-ethyl adjacent to an activating group) is 1. The number of aromatic nitrogens is 4. The average Bonchev–Trinajstić information content (AvgIpc) is 3.14. The molecule has 0 unspecified atom stereocenters. The normalized spacial score (nSPS) is 20.8. The van der Waals surface area contributed by atoms with Crippen LogP contribution in [0.3, 0.4) is 0 Å². The smallest absolute Gasteiger partial charge is 0.214 e. The lowest BCUT2D eigenvalue weighted by atomic mass is 10.0. The van der Waals surface area contributed by atoms with Gasteiger partial charge in [-0.15, -0.1) is 5.10 Å². The second kappa shape index (κ2) is 8.16. The van der Waals surface area contributed by atoms with Gasteiger partial charge in [0.1, 0.15) is 32.0 Å². The van der Waals surface area contributed by atoms with Crippen molar-refractivity contribution in [3.8, 4) is 0 Å². The van der Waals surface area contributed by atoms with E-state index in [4.69, 9.17) is 0 Å². The minimum atomic E-state index is -0.234. The highest BCUT2D eigenvalue weighted by molar-refractivity contribution is 5.26. The van der Waals surface area contributed by atoms with Gasteiger partial charge in [-0.1, -0.05) is 42.0 Å². The number of aryl methyl sites for hydroxylation is 1. The molecule has 1 saturated heterocycles. The molecule has 146 valence electrons. The van der Waals surface area contributed by atoms with E-state index in [9.17, 15) is 4.39 Å². The van der Waals surface area contributed by atoms with Crippen LogP contribution in [0.5, 0.6) is 0 Å². The number of halogens is 1. The SMILES string of the molecule is Cc1ccc([C@H](c2nnnn2Cc2ccc(F)cc2)[NH+]2CC[NH+](C)CC2)cc1. The van der Waals surface area contributed by atoms with E-state index in [1.807, 2.05) is 4.68 Å². The minimum Gasteiger partial charge on any atom is -0.328 e. The van der Waals surface area contributed by atoms with E-state index in [-0.39, 0.29) is 11.9 Å². The van der Waals surface area contributed by atoms with Crippen LogP contribution in [-0.4, -0.2) is 53.4 Å². The second-order valence-corrected chi connectivity index (χ2v) is 7.78. The number of piperazine rings is 1. The average molecular weight is 382 g/mol. The van der Waals surface area contributed by atoms with Gasteiger partial charge in [-0.05, 0) is 35.0 Å². The van der Waals surface area contributed by atoms with Gasteiger partial charge < -0.3 is 9.80 Å². The molecule has 2 aromatic carbocycles. The Labute approximate surface area is 164 Å². The lowest BCUT2D eigenvalue weighted by Gasteiger charge is -2.32. The molecule has 2 N–H and O–H groups in total. The molecular formula is C21H27FN6+2. The van der Waals surface area contributed by atoms with E-state index in [0.717, 1.165) is 37.6 Å². The van der Waals surface area contributed by atoms with Crippen LogP contribution in [0.15, 0.2) is 48.5 Å². The maximum atomic E-state index is 13.2. The first-order chi connectivity index (χ1) is 13.6. The summed E-state index contributed by atoms with van der Waals surface area (Å²) < 4.78 is 15.1. The summed E-state index contributed by atoms with van der Waals surface area (Å²) in [6.45, 7) is 7.06. The summed E-state index contributed by atoms with van der Waals surface area (Å²) in [7, 11) is 2.25. The fourth-order valence-electron chi connectivity index (χ4n) is 3.91. The number of benzene rings is 2. The Kier molecular flexibility index (Phi) is 5.45. The molecule has 6 nitrogen and oxygen atoms in total. The predicted molar refractivity (Wildman–Crippen MR) is 104 cm³/mol. The van der Waals surface area contributed by atoms with Crippen molar-refractivity contribution in [2.24, 2.45) is 0 Å². The Morgan fingerprint density at radius 3 is 2.36 bits per heavy atom. The van der Waals surface area contributed by atoms with Gasteiger partial charge in [0, 0.05) is 5.56 Å². The topological polar surface area (TPSA) is 52.5 Å². The molecule has 1 aliphatic heterocycles. The van der Waals surface area contributed by atoms with Gasteiger partial charge in [0.25, 0.3) is 0 Å². The quantitative estimate of drug-likeness (QED) is 0.636. The van der Waals surface area contributed by atoms with E-state index < -0.39 is 0 Å². The third-order valence-corrected chi connectivity index (χ3v) is 5.63. The zero-order valence-electron chi connectivity index (χ0n) is 16.4. The van der Waals surface area contributed by atoms with Gasteiger partial charge in [0.2, 0.25) is 5.82 Å². The maximum Gasteiger partial charge on any atom is 0.214 e. The number of nitrogens with zero attached hydrogens (tertiary/aromatic N) is 4. The van der Waals surface area contributed by atoms with E-state index in [1.165, 1.54) is 28.2 Å². The molecule has 0 bridgehead atoms. The van der Waals surface area contributed by atoms with Crippen molar-refractivity contribution in [1.29, 1.82) is 0 Å². The second-order valence-electron chi connectivity index (χ2n) is 7.78. The fraction of sp³-hybridized carbons (Fsp3) is 0.381. The number of quaternary nitrogens is 2. The van der Waals surface area contributed by atoms with Crippen molar-refractivity contribution in [1.82, 2.24) is 20.2 Å². The van der Waals surface area contributed by atoms with Crippen molar-refractivity contribution in [2.45, 2.75) is 19.5 Å². The molecule has 1 aliphatic rings. The fourth-order valence-corrected chi connectivity index (χ4v) is 3.91. The molecule has 1 atom stereocenters. The Morgan fingerprint density at radius 2 is 1.68 bits per heavy atom. The van der Waals surface area contributed by atoms with Crippen LogP contribution >= 0.6 is 0 Å².